The van der Waals surface area contributed by atoms with Gasteiger partial charge in [0.05, 0.1) is 19.3 Å². The van der Waals surface area contributed by atoms with Gasteiger partial charge in [0.15, 0.2) is 5.82 Å². The second-order valence-corrected chi connectivity index (χ2v) is 6.25. The van der Waals surface area contributed by atoms with Gasteiger partial charge in [-0.05, 0) is 19.1 Å². The largest absolute Gasteiger partial charge is 0.375 e. The highest BCUT2D eigenvalue weighted by atomic mass is 79.9. The number of benzene rings is 1. The molecule has 0 aliphatic carbocycles. The molecule has 2 heterocycles. The van der Waals surface area contributed by atoms with Crippen molar-refractivity contribution in [3.8, 4) is 11.4 Å². The number of carbonyl (C=O) groups excluding carboxylic acids is 1. The van der Waals surface area contributed by atoms with E-state index in [-0.39, 0.29) is 18.1 Å². The van der Waals surface area contributed by atoms with E-state index < -0.39 is 0 Å². The number of hydrogen-bond donors (Lipinski definition) is 3. The predicted octanol–water partition coefficient (Wildman–Crippen LogP) is 1.23. The smallest absolute Gasteiger partial charge is 0.240 e. The summed E-state index contributed by atoms with van der Waals surface area (Å²) in [5.74, 6) is 1.12. The fourth-order valence-electron chi connectivity index (χ4n) is 2.41. The Morgan fingerprint density at radius 3 is 2.96 bits per heavy atom. The Labute approximate surface area is 142 Å². The van der Waals surface area contributed by atoms with Gasteiger partial charge in [0.1, 0.15) is 11.9 Å². The Hall–Kier alpha value is -1.77. The van der Waals surface area contributed by atoms with Gasteiger partial charge in [0.2, 0.25) is 5.91 Å². The predicted molar refractivity (Wildman–Crippen MR) is 88.6 cm³/mol. The monoisotopic (exact) mass is 379 g/mol. The second-order valence-electron chi connectivity index (χ2n) is 5.34. The van der Waals surface area contributed by atoms with Gasteiger partial charge >= 0.3 is 0 Å². The van der Waals surface area contributed by atoms with Gasteiger partial charge in [-0.25, -0.2) is 4.98 Å². The summed E-state index contributed by atoms with van der Waals surface area (Å²) in [6.07, 6.45) is -0.142. The molecule has 23 heavy (non-hydrogen) atoms. The van der Waals surface area contributed by atoms with Crippen molar-refractivity contribution in [2.45, 2.75) is 25.6 Å². The fraction of sp³-hybridized carbons (Fsp3) is 0.400. The van der Waals surface area contributed by atoms with Gasteiger partial charge in [0, 0.05) is 16.6 Å². The zero-order chi connectivity index (χ0) is 16.2. The van der Waals surface area contributed by atoms with E-state index in [2.05, 4.69) is 41.7 Å². The molecule has 1 amide bonds. The number of ether oxygens (including phenoxy) is 1. The minimum absolute atomic E-state index is 0.0983. The lowest BCUT2D eigenvalue weighted by atomic mass is 10.1. The Morgan fingerprint density at radius 2 is 2.22 bits per heavy atom. The summed E-state index contributed by atoms with van der Waals surface area (Å²) in [5, 5.41) is 13.0. The molecule has 2 atom stereocenters. The van der Waals surface area contributed by atoms with Gasteiger partial charge in [-0.15, -0.1) is 0 Å². The Balaban J connectivity index is 1.58. The summed E-state index contributed by atoms with van der Waals surface area (Å²) < 4.78 is 6.47. The van der Waals surface area contributed by atoms with Crippen LogP contribution in [0.4, 0.5) is 0 Å². The van der Waals surface area contributed by atoms with Crippen LogP contribution in [0.3, 0.4) is 0 Å². The van der Waals surface area contributed by atoms with Crippen LogP contribution in [-0.2, 0) is 16.1 Å². The number of rotatable bonds is 4. The zero-order valence-electron chi connectivity index (χ0n) is 12.7. The maximum Gasteiger partial charge on any atom is 0.240 e. The first kappa shape index (κ1) is 16.1. The molecule has 1 aliphatic rings. The van der Waals surface area contributed by atoms with E-state index in [0.29, 0.717) is 31.3 Å². The van der Waals surface area contributed by atoms with E-state index in [1.54, 1.807) is 0 Å². The van der Waals surface area contributed by atoms with Crippen LogP contribution in [0.15, 0.2) is 28.7 Å². The molecule has 2 aromatic rings. The van der Waals surface area contributed by atoms with Gasteiger partial charge in [-0.2, -0.15) is 5.10 Å². The maximum atomic E-state index is 12.2. The van der Waals surface area contributed by atoms with E-state index in [9.17, 15) is 4.79 Å². The number of nitrogens with one attached hydrogen (secondary N) is 3. The number of aromatic nitrogens is 3. The van der Waals surface area contributed by atoms with Crippen molar-refractivity contribution in [3.05, 3.63) is 34.6 Å². The average molecular weight is 380 g/mol. The Kier molecular flexibility index (Phi) is 5.04. The molecule has 0 spiro atoms. The molecule has 7 nitrogen and oxygen atoms in total. The highest BCUT2D eigenvalue weighted by Gasteiger charge is 2.28. The summed E-state index contributed by atoms with van der Waals surface area (Å²) in [6, 6.07) is 7.39. The summed E-state index contributed by atoms with van der Waals surface area (Å²) in [5.41, 5.74) is 0.915. The SMILES string of the molecule is C[C@H]1OCCN[C@@H]1C(=O)NCc1nc(-c2ccc(Br)cc2)n[nH]1. The minimum atomic E-state index is -0.336. The third-order valence-electron chi connectivity index (χ3n) is 3.66. The number of carbonyl (C=O) groups is 1. The number of aromatic amines is 1. The molecule has 1 aliphatic heterocycles. The standard InChI is InChI=1S/C15H18BrN5O2/c1-9-13(17-6-7-23-9)15(22)18-8-12-19-14(21-20-12)10-2-4-11(16)5-3-10/h2-5,9,13,17H,6-8H2,1H3,(H,18,22)(H,19,20,21)/t9-,13+/m1/s1. The quantitative estimate of drug-likeness (QED) is 0.742. The Bertz CT molecular complexity index is 673. The van der Waals surface area contributed by atoms with Crippen molar-refractivity contribution in [1.82, 2.24) is 25.8 Å². The number of amides is 1. The van der Waals surface area contributed by atoms with Gasteiger partial charge in [-0.1, -0.05) is 28.1 Å². The van der Waals surface area contributed by atoms with Crippen molar-refractivity contribution in [2.75, 3.05) is 13.2 Å². The van der Waals surface area contributed by atoms with Crippen LogP contribution in [-0.4, -0.2) is 46.4 Å². The number of H-pyrrole nitrogens is 1. The molecule has 122 valence electrons. The van der Waals surface area contributed by atoms with Crippen LogP contribution >= 0.6 is 15.9 Å². The molecular weight excluding hydrogens is 362 g/mol. The van der Waals surface area contributed by atoms with Crippen LogP contribution in [0.2, 0.25) is 0 Å². The average Bonchev–Trinajstić information content (AvgIpc) is 3.03. The van der Waals surface area contributed by atoms with Crippen LogP contribution in [0.25, 0.3) is 11.4 Å². The second kappa shape index (κ2) is 7.20. The number of nitrogens with zero attached hydrogens (tertiary/aromatic N) is 2. The lowest BCUT2D eigenvalue weighted by Gasteiger charge is -2.29. The molecular formula is C15H18BrN5O2. The lowest BCUT2D eigenvalue weighted by molar-refractivity contribution is -0.129. The number of morpholine rings is 1. The molecule has 1 aromatic carbocycles. The third-order valence-corrected chi connectivity index (χ3v) is 4.19. The molecule has 3 rings (SSSR count). The summed E-state index contributed by atoms with van der Waals surface area (Å²) >= 11 is 3.39. The molecule has 0 radical (unpaired) electrons. The normalized spacial score (nSPS) is 21.1. The van der Waals surface area contributed by atoms with E-state index in [4.69, 9.17) is 4.74 Å². The maximum absolute atomic E-state index is 12.2. The van der Waals surface area contributed by atoms with Crippen LogP contribution < -0.4 is 10.6 Å². The molecule has 8 heteroatoms. The van der Waals surface area contributed by atoms with Gasteiger partial charge < -0.3 is 15.4 Å². The topological polar surface area (TPSA) is 91.9 Å². The van der Waals surface area contributed by atoms with Gasteiger partial charge in [-0.3, -0.25) is 9.89 Å². The van der Waals surface area contributed by atoms with Gasteiger partial charge in [0.25, 0.3) is 0 Å². The zero-order valence-corrected chi connectivity index (χ0v) is 14.3. The fourth-order valence-corrected chi connectivity index (χ4v) is 2.67. The molecule has 0 bridgehead atoms. The summed E-state index contributed by atoms with van der Waals surface area (Å²) in [6.45, 7) is 3.49. The van der Waals surface area contributed by atoms with E-state index in [1.807, 2.05) is 31.2 Å². The minimum Gasteiger partial charge on any atom is -0.375 e. The van der Waals surface area contributed by atoms with Crippen LogP contribution in [0.1, 0.15) is 12.7 Å². The molecule has 3 N–H and O–H groups in total. The highest BCUT2D eigenvalue weighted by Crippen LogP contribution is 2.18. The first-order valence-corrected chi connectivity index (χ1v) is 8.22. The van der Waals surface area contributed by atoms with Crippen LogP contribution in [0, 0.1) is 0 Å². The van der Waals surface area contributed by atoms with Crippen molar-refractivity contribution >= 4 is 21.8 Å². The van der Waals surface area contributed by atoms with Crippen LogP contribution in [0.5, 0.6) is 0 Å². The summed E-state index contributed by atoms with van der Waals surface area (Å²) in [7, 11) is 0. The first-order chi connectivity index (χ1) is 11.1. The Morgan fingerprint density at radius 1 is 1.43 bits per heavy atom. The molecule has 0 saturated carbocycles. The third kappa shape index (κ3) is 3.95. The summed E-state index contributed by atoms with van der Waals surface area (Å²) in [4.78, 5) is 16.6. The first-order valence-electron chi connectivity index (χ1n) is 7.43. The number of hydrogen-bond acceptors (Lipinski definition) is 5. The number of halogens is 1. The molecule has 1 saturated heterocycles. The van der Waals surface area contributed by atoms with Crippen molar-refractivity contribution in [2.24, 2.45) is 0 Å². The molecule has 0 unspecified atom stereocenters. The van der Waals surface area contributed by atoms with E-state index >= 15 is 0 Å². The van der Waals surface area contributed by atoms with Crippen molar-refractivity contribution in [3.63, 3.8) is 0 Å². The van der Waals surface area contributed by atoms with Crippen molar-refractivity contribution in [1.29, 1.82) is 0 Å². The molecule has 1 aromatic heterocycles. The molecule has 1 fully saturated rings. The highest BCUT2D eigenvalue weighted by molar-refractivity contribution is 9.10. The van der Waals surface area contributed by atoms with E-state index in [0.717, 1.165) is 10.0 Å². The van der Waals surface area contributed by atoms with Crippen molar-refractivity contribution < 1.29 is 9.53 Å². The lowest BCUT2D eigenvalue weighted by Crippen LogP contribution is -2.55. The van der Waals surface area contributed by atoms with E-state index in [1.165, 1.54) is 0 Å².